The maximum Gasteiger partial charge on any atom is 0 e. The SMILES string of the molecule is C.[B].[Ge].[Si]. The van der Waals surface area contributed by atoms with Crippen LogP contribution in [0.25, 0.3) is 0 Å². The van der Waals surface area contributed by atoms with Crippen LogP contribution in [0.5, 0.6) is 0 Å². The third-order valence-corrected chi connectivity index (χ3v) is 0. The van der Waals surface area contributed by atoms with Crippen molar-refractivity contribution in [1.82, 2.24) is 0 Å². The Labute approximate surface area is 44.9 Å². The van der Waals surface area contributed by atoms with Crippen LogP contribution in [0.3, 0.4) is 0 Å². The van der Waals surface area contributed by atoms with E-state index in [2.05, 4.69) is 0 Å². The first-order valence-corrected chi connectivity index (χ1v) is 0. The Balaban J connectivity index is 0. The van der Waals surface area contributed by atoms with E-state index in [1.54, 1.807) is 0 Å². The van der Waals surface area contributed by atoms with Gasteiger partial charge in [-0.1, -0.05) is 7.43 Å². The third kappa shape index (κ3) is 13.8. The number of rotatable bonds is 0. The maximum absolute atomic E-state index is 0. The van der Waals surface area contributed by atoms with Crippen molar-refractivity contribution >= 4 is 37.0 Å². The van der Waals surface area contributed by atoms with E-state index >= 15 is 0 Å². The summed E-state index contributed by atoms with van der Waals surface area (Å²) in [4.78, 5) is 0. The predicted molar refractivity (Wildman–Crippen MR) is 24.0 cm³/mol. The second-order valence-electron chi connectivity index (χ2n) is 0. The molecule has 0 heterocycles. The van der Waals surface area contributed by atoms with Gasteiger partial charge in [-0.25, -0.2) is 0 Å². The smallest absolute Gasteiger partial charge is 0 e. The van der Waals surface area contributed by atoms with Crippen LogP contribution in [0.2, 0.25) is 0 Å². The molecule has 3 heteroatoms. The Hall–Kier alpha value is 0.825. The average Bonchev–Trinajstić information content (AvgIpc) is 0. The minimum absolute atomic E-state index is 0. The minimum atomic E-state index is 0. The van der Waals surface area contributed by atoms with Gasteiger partial charge in [0.1, 0.15) is 0 Å². The predicted octanol–water partition coefficient (Wildman–Crippen LogP) is -0.506. The summed E-state index contributed by atoms with van der Waals surface area (Å²) >= 11 is 0. The first-order valence-electron chi connectivity index (χ1n) is 0. The van der Waals surface area contributed by atoms with Crippen molar-refractivity contribution in [3.8, 4) is 0 Å². The molecule has 0 atom stereocenters. The normalized spacial score (nSPS) is 0. The Morgan fingerprint density at radius 2 is 1.00 bits per heavy atom. The van der Waals surface area contributed by atoms with Gasteiger partial charge < -0.3 is 0 Å². The average molecular weight is 128 g/mol. The summed E-state index contributed by atoms with van der Waals surface area (Å²) in [6.07, 6.45) is 0. The zero-order valence-electron chi connectivity index (χ0n) is 1.58. The van der Waals surface area contributed by atoms with Gasteiger partial charge in [-0.15, -0.1) is 0 Å². The largest absolute Gasteiger partial charge is 0.0776 e. The van der Waals surface area contributed by atoms with Crippen LogP contribution in [0.15, 0.2) is 0 Å². The standard InChI is InChI=1S/CH4.B.Ge.Si/h1H4;;;. The molecule has 11 radical (unpaired) electrons. The van der Waals surface area contributed by atoms with E-state index in [9.17, 15) is 0 Å². The first kappa shape index (κ1) is 104. The molecule has 0 aliphatic carbocycles. The van der Waals surface area contributed by atoms with Gasteiger partial charge in [0.25, 0.3) is 0 Å². The van der Waals surface area contributed by atoms with Crippen molar-refractivity contribution in [1.29, 1.82) is 0 Å². The molecule has 0 nitrogen and oxygen atoms in total. The first-order chi connectivity index (χ1) is 0. The van der Waals surface area contributed by atoms with Gasteiger partial charge in [0.05, 0.1) is 0 Å². The van der Waals surface area contributed by atoms with Gasteiger partial charge >= 0.3 is 0 Å². The van der Waals surface area contributed by atoms with Crippen LogP contribution in [0.4, 0.5) is 0 Å². The van der Waals surface area contributed by atoms with Crippen LogP contribution in [0.1, 0.15) is 7.43 Å². The van der Waals surface area contributed by atoms with E-state index < -0.39 is 0 Å². The van der Waals surface area contributed by atoms with E-state index in [0.29, 0.717) is 0 Å². The number of hydrogen-bond acceptors (Lipinski definition) is 0. The summed E-state index contributed by atoms with van der Waals surface area (Å²) in [5, 5.41) is 0. The number of hydrogen-bond donors (Lipinski definition) is 0. The quantitative estimate of drug-likeness (QED) is 0.385. The molecule has 0 N–H and O–H groups in total. The minimum Gasteiger partial charge on any atom is -0.0776 e. The van der Waals surface area contributed by atoms with Gasteiger partial charge in [0.2, 0.25) is 0 Å². The van der Waals surface area contributed by atoms with Gasteiger partial charge in [0.15, 0.2) is 0 Å². The second kappa shape index (κ2) is 44.9. The van der Waals surface area contributed by atoms with Gasteiger partial charge in [-0.3, -0.25) is 0 Å². The van der Waals surface area contributed by atoms with Gasteiger partial charge in [0, 0.05) is 37.0 Å². The monoisotopic (exact) mass is 129 g/mol. The fourth-order valence-corrected chi connectivity index (χ4v) is 0. The molecule has 0 bridgehead atoms. The summed E-state index contributed by atoms with van der Waals surface area (Å²) in [7, 11) is 0. The molecule has 0 aromatic carbocycles. The molecule has 0 saturated heterocycles. The molecule has 0 unspecified atom stereocenters. The zero-order chi connectivity index (χ0) is 0. The van der Waals surface area contributed by atoms with Crippen molar-refractivity contribution in [3.63, 3.8) is 0 Å². The van der Waals surface area contributed by atoms with Crippen molar-refractivity contribution in [2.24, 2.45) is 0 Å². The molecule has 0 spiro atoms. The van der Waals surface area contributed by atoms with Crippen LogP contribution >= 0.6 is 0 Å². The summed E-state index contributed by atoms with van der Waals surface area (Å²) in [6, 6.07) is 0. The molecule has 0 aliphatic heterocycles. The van der Waals surface area contributed by atoms with Crippen LogP contribution in [0, 0.1) is 0 Å². The van der Waals surface area contributed by atoms with Gasteiger partial charge in [-0.2, -0.15) is 0 Å². The summed E-state index contributed by atoms with van der Waals surface area (Å²) < 4.78 is 0. The molecule has 0 rings (SSSR count). The van der Waals surface area contributed by atoms with E-state index in [-0.39, 0.29) is 44.4 Å². The summed E-state index contributed by atoms with van der Waals surface area (Å²) in [5.41, 5.74) is 0. The topological polar surface area (TPSA) is 0 Å². The molecule has 19 valence electrons. The van der Waals surface area contributed by atoms with Crippen LogP contribution in [-0.4, -0.2) is 37.0 Å². The molecule has 0 aromatic heterocycles. The Bertz CT molecular complexity index is 8.00. The second-order valence-corrected chi connectivity index (χ2v) is 0. The van der Waals surface area contributed by atoms with Crippen LogP contribution < -0.4 is 0 Å². The molecular formula is CH4BGeSi. The molecule has 0 aromatic rings. The Morgan fingerprint density at radius 1 is 1.00 bits per heavy atom. The Morgan fingerprint density at radius 3 is 1.00 bits per heavy atom. The van der Waals surface area contributed by atoms with E-state index in [4.69, 9.17) is 0 Å². The van der Waals surface area contributed by atoms with E-state index in [1.165, 1.54) is 0 Å². The Kier molecular flexibility index (Phi) is 1160. The van der Waals surface area contributed by atoms with Crippen molar-refractivity contribution in [2.45, 2.75) is 7.43 Å². The van der Waals surface area contributed by atoms with E-state index in [1.807, 2.05) is 0 Å². The fraction of sp³-hybridized carbons (Fsp3) is 1.00. The van der Waals surface area contributed by atoms with Crippen molar-refractivity contribution in [2.75, 3.05) is 0 Å². The van der Waals surface area contributed by atoms with E-state index in [0.717, 1.165) is 0 Å². The molecule has 0 fully saturated rings. The fourth-order valence-electron chi connectivity index (χ4n) is 0. The van der Waals surface area contributed by atoms with Gasteiger partial charge in [-0.05, 0) is 0 Å². The third-order valence-electron chi connectivity index (χ3n) is 0. The molecular weight excluding hydrogens is 124 g/mol. The molecule has 0 aliphatic rings. The summed E-state index contributed by atoms with van der Waals surface area (Å²) in [6.45, 7) is 0. The molecule has 4 heavy (non-hydrogen) atoms. The zero-order valence-corrected chi connectivity index (χ0v) is 4.68. The maximum atomic E-state index is 0. The van der Waals surface area contributed by atoms with Crippen LogP contribution in [-0.2, 0) is 0 Å². The molecule has 0 amide bonds. The van der Waals surface area contributed by atoms with Crippen molar-refractivity contribution in [3.05, 3.63) is 0 Å². The van der Waals surface area contributed by atoms with Crippen molar-refractivity contribution < 1.29 is 0 Å². The molecule has 0 saturated carbocycles. The summed E-state index contributed by atoms with van der Waals surface area (Å²) in [5.74, 6) is 0.